The number of carbonyl (C=O) groups is 1. The van der Waals surface area contributed by atoms with Crippen LogP contribution in [0.2, 0.25) is 0 Å². The minimum atomic E-state index is 0.155. The molecule has 0 spiro atoms. The normalized spacial score (nSPS) is 25.8. The van der Waals surface area contributed by atoms with Crippen LogP contribution in [0, 0.1) is 5.41 Å². The maximum Gasteiger partial charge on any atom is 0.221 e. The zero-order valence-electron chi connectivity index (χ0n) is 9.18. The average Bonchev–Trinajstić information content (AvgIpc) is 2.02. The first kappa shape index (κ1) is 11.9. The number of nitrogens with one attached hydrogen (secondary N) is 1. The van der Waals surface area contributed by atoms with Crippen molar-refractivity contribution in [3.05, 3.63) is 0 Å². The van der Waals surface area contributed by atoms with E-state index in [9.17, 15) is 4.79 Å². The molecular formula is C11H21NOS. The summed E-state index contributed by atoms with van der Waals surface area (Å²) in [5.74, 6) is 0.796. The molecule has 1 rings (SSSR count). The van der Waals surface area contributed by atoms with Crippen molar-refractivity contribution < 1.29 is 4.79 Å². The first-order valence-electron chi connectivity index (χ1n) is 5.44. The molecule has 0 aromatic heterocycles. The van der Waals surface area contributed by atoms with Gasteiger partial charge in [-0.3, -0.25) is 4.79 Å². The number of rotatable bonds is 3. The van der Waals surface area contributed by atoms with E-state index in [0.717, 1.165) is 12.8 Å². The summed E-state index contributed by atoms with van der Waals surface area (Å²) in [6, 6.07) is 0.395. The van der Waals surface area contributed by atoms with Crippen LogP contribution in [0.3, 0.4) is 0 Å². The summed E-state index contributed by atoms with van der Waals surface area (Å²) < 4.78 is 0. The third-order valence-electron chi connectivity index (χ3n) is 2.91. The first-order valence-corrected chi connectivity index (χ1v) is 6.07. The van der Waals surface area contributed by atoms with Crippen LogP contribution in [-0.2, 0) is 4.79 Å². The maximum atomic E-state index is 11.4. The third kappa shape index (κ3) is 3.91. The number of hydrogen-bond donors (Lipinski definition) is 2. The SMILES string of the molecule is CC1(C)CCCC(NC(=O)CCS)C1. The molecule has 0 heterocycles. The van der Waals surface area contributed by atoms with Crippen molar-refractivity contribution in [2.45, 2.75) is 52.0 Å². The molecule has 0 radical (unpaired) electrons. The lowest BCUT2D eigenvalue weighted by atomic mass is 9.75. The van der Waals surface area contributed by atoms with Gasteiger partial charge in [0.25, 0.3) is 0 Å². The van der Waals surface area contributed by atoms with Gasteiger partial charge < -0.3 is 5.32 Å². The molecule has 1 N–H and O–H groups in total. The van der Waals surface area contributed by atoms with E-state index in [0.29, 0.717) is 23.6 Å². The quantitative estimate of drug-likeness (QED) is 0.695. The van der Waals surface area contributed by atoms with Gasteiger partial charge in [-0.15, -0.1) is 0 Å². The second kappa shape index (κ2) is 5.06. The highest BCUT2D eigenvalue weighted by atomic mass is 32.1. The zero-order valence-corrected chi connectivity index (χ0v) is 10.1. The van der Waals surface area contributed by atoms with Crippen molar-refractivity contribution in [2.75, 3.05) is 5.75 Å². The smallest absolute Gasteiger partial charge is 0.221 e. The second-order valence-corrected chi connectivity index (χ2v) is 5.45. The second-order valence-electron chi connectivity index (χ2n) is 5.00. The Morgan fingerprint density at radius 2 is 2.29 bits per heavy atom. The molecule has 0 aromatic carbocycles. The van der Waals surface area contributed by atoms with Crippen molar-refractivity contribution in [3.63, 3.8) is 0 Å². The van der Waals surface area contributed by atoms with Gasteiger partial charge in [0.1, 0.15) is 0 Å². The largest absolute Gasteiger partial charge is 0.353 e. The van der Waals surface area contributed by atoms with E-state index >= 15 is 0 Å². The summed E-state index contributed by atoms with van der Waals surface area (Å²) in [6.07, 6.45) is 5.32. The predicted molar refractivity (Wildman–Crippen MR) is 62.6 cm³/mol. The van der Waals surface area contributed by atoms with Crippen molar-refractivity contribution >= 4 is 18.5 Å². The highest BCUT2D eigenvalue weighted by molar-refractivity contribution is 7.80. The zero-order chi connectivity index (χ0) is 10.6. The summed E-state index contributed by atoms with van der Waals surface area (Å²) in [5.41, 5.74) is 0.400. The van der Waals surface area contributed by atoms with Crippen molar-refractivity contribution in [1.82, 2.24) is 5.32 Å². The Morgan fingerprint density at radius 3 is 2.86 bits per heavy atom. The van der Waals surface area contributed by atoms with Gasteiger partial charge in [-0.2, -0.15) is 12.6 Å². The van der Waals surface area contributed by atoms with Crippen LogP contribution in [0.15, 0.2) is 0 Å². The van der Waals surface area contributed by atoms with Gasteiger partial charge in [0.15, 0.2) is 0 Å². The molecule has 1 saturated carbocycles. The lowest BCUT2D eigenvalue weighted by Gasteiger charge is -2.35. The monoisotopic (exact) mass is 215 g/mol. The molecule has 3 heteroatoms. The molecule has 1 aliphatic carbocycles. The number of carbonyl (C=O) groups excluding carboxylic acids is 1. The van der Waals surface area contributed by atoms with Crippen molar-refractivity contribution in [3.8, 4) is 0 Å². The fourth-order valence-corrected chi connectivity index (χ4v) is 2.43. The van der Waals surface area contributed by atoms with Gasteiger partial charge in [0.05, 0.1) is 0 Å². The summed E-state index contributed by atoms with van der Waals surface area (Å²) in [6.45, 7) is 4.56. The van der Waals surface area contributed by atoms with Gasteiger partial charge >= 0.3 is 0 Å². The molecule has 14 heavy (non-hydrogen) atoms. The summed E-state index contributed by atoms with van der Waals surface area (Å²) in [7, 11) is 0. The van der Waals surface area contributed by atoms with Gasteiger partial charge in [-0.1, -0.05) is 20.3 Å². The molecule has 0 aliphatic heterocycles. The Morgan fingerprint density at radius 1 is 1.57 bits per heavy atom. The van der Waals surface area contributed by atoms with Gasteiger partial charge in [-0.25, -0.2) is 0 Å². The van der Waals surface area contributed by atoms with E-state index < -0.39 is 0 Å². The lowest BCUT2D eigenvalue weighted by molar-refractivity contribution is -0.121. The molecule has 2 nitrogen and oxygen atoms in total. The number of hydrogen-bond acceptors (Lipinski definition) is 2. The Hall–Kier alpha value is -0.180. The van der Waals surface area contributed by atoms with Crippen LogP contribution in [0.4, 0.5) is 0 Å². The van der Waals surface area contributed by atoms with Gasteiger partial charge in [0.2, 0.25) is 5.91 Å². The van der Waals surface area contributed by atoms with E-state index in [2.05, 4.69) is 31.8 Å². The Kier molecular flexibility index (Phi) is 4.30. The number of amides is 1. The van der Waals surface area contributed by atoms with Crippen LogP contribution in [0.25, 0.3) is 0 Å². The van der Waals surface area contributed by atoms with Gasteiger partial charge in [-0.05, 0) is 30.4 Å². The highest BCUT2D eigenvalue weighted by Crippen LogP contribution is 2.34. The summed E-state index contributed by atoms with van der Waals surface area (Å²) in [4.78, 5) is 11.4. The maximum absolute atomic E-state index is 11.4. The van der Waals surface area contributed by atoms with E-state index in [4.69, 9.17) is 0 Å². The van der Waals surface area contributed by atoms with E-state index in [1.165, 1.54) is 12.8 Å². The van der Waals surface area contributed by atoms with E-state index in [1.807, 2.05) is 0 Å². The molecule has 1 amide bonds. The molecule has 0 aromatic rings. The van der Waals surface area contributed by atoms with Crippen LogP contribution in [-0.4, -0.2) is 17.7 Å². The van der Waals surface area contributed by atoms with E-state index in [-0.39, 0.29) is 5.91 Å². The standard InChI is InChI=1S/C11H21NOS/c1-11(2)6-3-4-9(8-11)12-10(13)5-7-14/h9,14H,3-8H2,1-2H3,(H,12,13). The molecule has 1 aliphatic rings. The average molecular weight is 215 g/mol. The van der Waals surface area contributed by atoms with Crippen LogP contribution >= 0.6 is 12.6 Å². The fraction of sp³-hybridized carbons (Fsp3) is 0.909. The van der Waals surface area contributed by atoms with Crippen molar-refractivity contribution in [1.29, 1.82) is 0 Å². The van der Waals surface area contributed by atoms with Crippen LogP contribution < -0.4 is 5.32 Å². The van der Waals surface area contributed by atoms with Crippen LogP contribution in [0.1, 0.15) is 46.0 Å². The Balaban J connectivity index is 2.34. The topological polar surface area (TPSA) is 29.1 Å². The predicted octanol–water partition coefficient (Wildman–Crippen LogP) is 2.39. The molecule has 0 bridgehead atoms. The minimum absolute atomic E-state index is 0.155. The summed E-state index contributed by atoms with van der Waals surface area (Å²) >= 11 is 4.05. The molecule has 1 fully saturated rings. The Bertz CT molecular complexity index is 203. The summed E-state index contributed by atoms with van der Waals surface area (Å²) in [5, 5.41) is 3.09. The molecular weight excluding hydrogens is 194 g/mol. The minimum Gasteiger partial charge on any atom is -0.353 e. The Labute approximate surface area is 92.2 Å². The number of thiol groups is 1. The fourth-order valence-electron chi connectivity index (χ4n) is 2.22. The molecule has 1 atom stereocenters. The van der Waals surface area contributed by atoms with Crippen molar-refractivity contribution in [2.24, 2.45) is 5.41 Å². The lowest BCUT2D eigenvalue weighted by Crippen LogP contribution is -2.40. The molecule has 0 saturated heterocycles. The van der Waals surface area contributed by atoms with Gasteiger partial charge in [0, 0.05) is 12.5 Å². The third-order valence-corrected chi connectivity index (χ3v) is 3.13. The highest BCUT2D eigenvalue weighted by Gasteiger charge is 2.28. The van der Waals surface area contributed by atoms with Crippen LogP contribution in [0.5, 0.6) is 0 Å². The molecule has 82 valence electrons. The van der Waals surface area contributed by atoms with E-state index in [1.54, 1.807) is 0 Å². The molecule has 1 unspecified atom stereocenters. The first-order chi connectivity index (χ1) is 6.53.